The van der Waals surface area contributed by atoms with Crippen LogP contribution in [0.2, 0.25) is 0 Å². The van der Waals surface area contributed by atoms with Gasteiger partial charge in [-0.3, -0.25) is 24.2 Å². The summed E-state index contributed by atoms with van der Waals surface area (Å²) in [6, 6.07) is 9.01. The fourth-order valence-corrected chi connectivity index (χ4v) is 3.39. The van der Waals surface area contributed by atoms with Gasteiger partial charge in [-0.1, -0.05) is 44.2 Å². The first-order valence-electron chi connectivity index (χ1n) is 11.9. The number of ketones is 1. The smallest absolute Gasteiger partial charge is 0.408 e. The highest BCUT2D eigenvalue weighted by atomic mass is 16.5. The molecule has 1 aromatic heterocycles. The summed E-state index contributed by atoms with van der Waals surface area (Å²) in [4.78, 5) is 65.9. The van der Waals surface area contributed by atoms with Crippen molar-refractivity contribution >= 4 is 29.6 Å². The van der Waals surface area contributed by atoms with Crippen molar-refractivity contribution in [1.82, 2.24) is 20.9 Å². The number of primary amides is 1. The van der Waals surface area contributed by atoms with Crippen molar-refractivity contribution in [2.75, 3.05) is 0 Å². The molecule has 11 nitrogen and oxygen atoms in total. The van der Waals surface area contributed by atoms with Gasteiger partial charge in [0.1, 0.15) is 18.7 Å². The molecule has 0 radical (unpaired) electrons. The van der Waals surface area contributed by atoms with Crippen LogP contribution in [-0.2, 0) is 36.9 Å². The number of hydrogen-bond donors (Lipinski definition) is 4. The number of alkyl carbamates (subject to hydrolysis) is 1. The lowest BCUT2D eigenvalue weighted by molar-refractivity contribution is -0.141. The van der Waals surface area contributed by atoms with Gasteiger partial charge < -0.3 is 26.4 Å². The number of aromatic nitrogens is 1. The molecule has 0 aliphatic carbocycles. The average Bonchev–Trinajstić information content (AvgIpc) is 2.87. The number of nitrogens with two attached hydrogens (primary N) is 1. The van der Waals surface area contributed by atoms with Crippen LogP contribution < -0.4 is 21.7 Å². The van der Waals surface area contributed by atoms with Crippen molar-refractivity contribution in [2.45, 2.75) is 58.3 Å². The van der Waals surface area contributed by atoms with E-state index in [4.69, 9.17) is 10.5 Å². The van der Waals surface area contributed by atoms with Crippen molar-refractivity contribution in [3.05, 3.63) is 66.0 Å². The minimum absolute atomic E-state index is 0.0261. The van der Waals surface area contributed by atoms with Crippen LogP contribution >= 0.6 is 0 Å². The van der Waals surface area contributed by atoms with Crippen molar-refractivity contribution in [3.63, 3.8) is 0 Å². The molecule has 0 spiro atoms. The third-order valence-electron chi connectivity index (χ3n) is 5.34. The van der Waals surface area contributed by atoms with E-state index in [1.165, 1.54) is 19.3 Å². The first-order valence-corrected chi connectivity index (χ1v) is 11.9. The summed E-state index contributed by atoms with van der Waals surface area (Å²) in [6.45, 7) is 5.10. The Morgan fingerprint density at radius 2 is 1.51 bits per heavy atom. The fraction of sp³-hybridized carbons (Fsp3) is 0.385. The number of benzene rings is 1. The van der Waals surface area contributed by atoms with Gasteiger partial charge in [-0.05, 0) is 42.5 Å². The summed E-state index contributed by atoms with van der Waals surface area (Å²) in [5.74, 6) is -3.47. The molecule has 4 amide bonds. The number of carbonyl (C=O) groups excluding carboxylic acids is 5. The zero-order valence-electron chi connectivity index (χ0n) is 21.1. The first kappa shape index (κ1) is 29.0. The Bertz CT molecular complexity index is 1080. The molecule has 0 saturated heterocycles. The quantitative estimate of drug-likeness (QED) is 0.291. The second kappa shape index (κ2) is 14.3. The highest BCUT2D eigenvalue weighted by Crippen LogP contribution is 2.08. The Balaban J connectivity index is 1.95. The van der Waals surface area contributed by atoms with Crippen LogP contribution in [-0.4, -0.2) is 52.7 Å². The van der Waals surface area contributed by atoms with Gasteiger partial charge in [0, 0.05) is 18.8 Å². The maximum Gasteiger partial charge on any atom is 0.408 e. The van der Waals surface area contributed by atoms with Gasteiger partial charge >= 0.3 is 6.09 Å². The van der Waals surface area contributed by atoms with E-state index in [-0.39, 0.29) is 25.4 Å². The van der Waals surface area contributed by atoms with Crippen LogP contribution in [0.3, 0.4) is 0 Å². The molecule has 1 aromatic carbocycles. The standard InChI is InChI=1S/C26H33N5O6/c1-16(2)13-21(31-26(36)37-15-19-7-5-4-6-8-19)24(34)29-17(3)22(32)25(35)30-20(23(27)33)14-18-9-11-28-12-10-18/h4-12,16-17,20-21H,13-15H2,1-3H3,(H2,27,33)(H,29,34)(H,30,35)(H,31,36). The topological polar surface area (TPSA) is 170 Å². The molecule has 37 heavy (non-hydrogen) atoms. The van der Waals surface area contributed by atoms with E-state index in [1.54, 1.807) is 24.3 Å². The molecule has 2 aromatic rings. The maximum atomic E-state index is 12.9. The molecular formula is C26H33N5O6. The van der Waals surface area contributed by atoms with E-state index in [0.29, 0.717) is 5.56 Å². The Hall–Kier alpha value is -4.28. The number of amides is 4. The molecule has 3 unspecified atom stereocenters. The van der Waals surface area contributed by atoms with E-state index < -0.39 is 47.7 Å². The molecule has 3 atom stereocenters. The maximum absolute atomic E-state index is 12.9. The molecule has 5 N–H and O–H groups in total. The molecule has 2 rings (SSSR count). The van der Waals surface area contributed by atoms with E-state index in [1.807, 2.05) is 32.0 Å². The highest BCUT2D eigenvalue weighted by molar-refractivity contribution is 6.38. The van der Waals surface area contributed by atoms with Crippen molar-refractivity contribution in [1.29, 1.82) is 0 Å². The Kier molecular flexibility index (Phi) is 11.2. The predicted molar refractivity (Wildman–Crippen MR) is 135 cm³/mol. The van der Waals surface area contributed by atoms with Crippen molar-refractivity contribution in [3.8, 4) is 0 Å². The Labute approximate surface area is 215 Å². The summed E-state index contributed by atoms with van der Waals surface area (Å²) < 4.78 is 5.19. The number of rotatable bonds is 13. The second-order valence-corrected chi connectivity index (χ2v) is 8.97. The molecule has 11 heteroatoms. The van der Waals surface area contributed by atoms with Crippen LogP contribution in [0.25, 0.3) is 0 Å². The normalized spacial score (nSPS) is 13.1. The van der Waals surface area contributed by atoms with Gasteiger partial charge in [-0.2, -0.15) is 0 Å². The zero-order chi connectivity index (χ0) is 27.4. The van der Waals surface area contributed by atoms with Crippen LogP contribution in [0.15, 0.2) is 54.9 Å². The zero-order valence-corrected chi connectivity index (χ0v) is 21.1. The third kappa shape index (κ3) is 10.1. The number of pyridine rings is 1. The third-order valence-corrected chi connectivity index (χ3v) is 5.34. The monoisotopic (exact) mass is 511 g/mol. The number of ether oxygens (including phenoxy) is 1. The number of nitrogens with one attached hydrogen (secondary N) is 3. The molecule has 0 fully saturated rings. The number of Topliss-reactive ketones (excluding diaryl/α,β-unsaturated/α-hetero) is 1. The fourth-order valence-electron chi connectivity index (χ4n) is 3.39. The molecule has 0 saturated carbocycles. The summed E-state index contributed by atoms with van der Waals surface area (Å²) in [7, 11) is 0. The number of carbonyl (C=O) groups is 5. The number of nitrogens with zero attached hydrogens (tertiary/aromatic N) is 1. The average molecular weight is 512 g/mol. The lowest BCUT2D eigenvalue weighted by atomic mass is 10.0. The van der Waals surface area contributed by atoms with E-state index in [2.05, 4.69) is 20.9 Å². The lowest BCUT2D eigenvalue weighted by Gasteiger charge is -2.22. The van der Waals surface area contributed by atoms with Crippen LogP contribution in [0.4, 0.5) is 4.79 Å². The minimum atomic E-state index is -1.22. The van der Waals surface area contributed by atoms with Gasteiger partial charge in [-0.25, -0.2) is 4.79 Å². The molecular weight excluding hydrogens is 478 g/mol. The lowest BCUT2D eigenvalue weighted by Crippen LogP contribution is -2.55. The van der Waals surface area contributed by atoms with Gasteiger partial charge in [0.2, 0.25) is 17.6 Å². The van der Waals surface area contributed by atoms with Gasteiger partial charge in [-0.15, -0.1) is 0 Å². The van der Waals surface area contributed by atoms with E-state index in [9.17, 15) is 24.0 Å². The largest absolute Gasteiger partial charge is 0.445 e. The first-order chi connectivity index (χ1) is 17.6. The van der Waals surface area contributed by atoms with E-state index >= 15 is 0 Å². The van der Waals surface area contributed by atoms with Crippen LogP contribution in [0, 0.1) is 5.92 Å². The van der Waals surface area contributed by atoms with Gasteiger partial charge in [0.05, 0.1) is 6.04 Å². The minimum Gasteiger partial charge on any atom is -0.445 e. The summed E-state index contributed by atoms with van der Waals surface area (Å²) in [5.41, 5.74) is 6.85. The Morgan fingerprint density at radius 3 is 2.11 bits per heavy atom. The summed E-state index contributed by atoms with van der Waals surface area (Å²) in [6.07, 6.45) is 2.61. The van der Waals surface area contributed by atoms with Crippen molar-refractivity contribution in [2.24, 2.45) is 11.7 Å². The molecule has 1 heterocycles. The second-order valence-electron chi connectivity index (χ2n) is 8.97. The molecule has 0 aliphatic heterocycles. The summed E-state index contributed by atoms with van der Waals surface area (Å²) in [5, 5.41) is 7.29. The molecule has 0 bridgehead atoms. The van der Waals surface area contributed by atoms with Crippen LogP contribution in [0.5, 0.6) is 0 Å². The van der Waals surface area contributed by atoms with Gasteiger partial charge in [0.15, 0.2) is 0 Å². The van der Waals surface area contributed by atoms with Crippen molar-refractivity contribution < 1.29 is 28.7 Å². The highest BCUT2D eigenvalue weighted by Gasteiger charge is 2.30. The SMILES string of the molecule is CC(C)CC(NC(=O)OCc1ccccc1)C(=O)NC(C)C(=O)C(=O)NC(Cc1ccncc1)C(N)=O. The molecule has 198 valence electrons. The van der Waals surface area contributed by atoms with E-state index in [0.717, 1.165) is 5.56 Å². The Morgan fingerprint density at radius 1 is 0.865 bits per heavy atom. The number of hydrogen-bond acceptors (Lipinski definition) is 7. The molecule has 0 aliphatic rings. The van der Waals surface area contributed by atoms with Crippen LogP contribution in [0.1, 0.15) is 38.3 Å². The summed E-state index contributed by atoms with van der Waals surface area (Å²) >= 11 is 0. The van der Waals surface area contributed by atoms with Gasteiger partial charge in [0.25, 0.3) is 5.91 Å². The predicted octanol–water partition coefficient (Wildman–Crippen LogP) is 1.01.